The standard InChI is InChI=1S/C21H23F3N2O4/c1-12(2)18(26-19(27)14-5-7-15(22)8-6-14)20(28)25-11-13-4-9-16(30-21(23)24)17(10-13)29-3/h4-10,12,18,21H,11H2,1-3H3,(H,25,28)(H,26,27). The number of ether oxygens (including phenoxy) is 2. The molecular formula is C21H23F3N2O4. The lowest BCUT2D eigenvalue weighted by atomic mass is 10.0. The molecule has 9 heteroatoms. The van der Waals surface area contributed by atoms with Gasteiger partial charge in [-0.05, 0) is 47.9 Å². The van der Waals surface area contributed by atoms with Crippen molar-refractivity contribution in [2.24, 2.45) is 5.92 Å². The van der Waals surface area contributed by atoms with Crippen LogP contribution in [0.15, 0.2) is 42.5 Å². The Bertz CT molecular complexity index is 873. The Morgan fingerprint density at radius 3 is 2.27 bits per heavy atom. The minimum Gasteiger partial charge on any atom is -0.493 e. The lowest BCUT2D eigenvalue weighted by Crippen LogP contribution is -2.49. The molecule has 6 nitrogen and oxygen atoms in total. The van der Waals surface area contributed by atoms with Crippen LogP contribution in [0.2, 0.25) is 0 Å². The summed E-state index contributed by atoms with van der Waals surface area (Å²) in [6.45, 7) is 0.643. The van der Waals surface area contributed by atoms with Gasteiger partial charge in [-0.3, -0.25) is 9.59 Å². The van der Waals surface area contributed by atoms with Gasteiger partial charge in [0.1, 0.15) is 11.9 Å². The summed E-state index contributed by atoms with van der Waals surface area (Å²) >= 11 is 0. The first-order valence-electron chi connectivity index (χ1n) is 9.17. The van der Waals surface area contributed by atoms with E-state index >= 15 is 0 Å². The third kappa shape index (κ3) is 6.40. The van der Waals surface area contributed by atoms with Crippen molar-refractivity contribution in [3.8, 4) is 11.5 Å². The molecule has 0 saturated heterocycles. The fourth-order valence-electron chi connectivity index (χ4n) is 2.68. The van der Waals surface area contributed by atoms with Gasteiger partial charge in [0.25, 0.3) is 5.91 Å². The number of rotatable bonds is 9. The Morgan fingerprint density at radius 2 is 1.70 bits per heavy atom. The number of hydrogen-bond acceptors (Lipinski definition) is 4. The summed E-state index contributed by atoms with van der Waals surface area (Å²) in [7, 11) is 1.32. The van der Waals surface area contributed by atoms with Gasteiger partial charge in [0.05, 0.1) is 7.11 Å². The van der Waals surface area contributed by atoms with E-state index < -0.39 is 30.3 Å². The number of benzene rings is 2. The minimum absolute atomic E-state index is 0.0831. The lowest BCUT2D eigenvalue weighted by Gasteiger charge is -2.22. The van der Waals surface area contributed by atoms with E-state index in [0.717, 1.165) is 12.1 Å². The van der Waals surface area contributed by atoms with Gasteiger partial charge in [0.15, 0.2) is 11.5 Å². The summed E-state index contributed by atoms with van der Waals surface area (Å²) < 4.78 is 47.2. The van der Waals surface area contributed by atoms with E-state index in [1.807, 2.05) is 0 Å². The Kier molecular flexibility index (Phi) is 8.08. The molecule has 2 rings (SSSR count). The van der Waals surface area contributed by atoms with Crippen LogP contribution in [0.25, 0.3) is 0 Å². The summed E-state index contributed by atoms with van der Waals surface area (Å²) in [5, 5.41) is 5.34. The quantitative estimate of drug-likeness (QED) is 0.646. The number of nitrogens with one attached hydrogen (secondary N) is 2. The second kappa shape index (κ2) is 10.5. The molecule has 0 fully saturated rings. The van der Waals surface area contributed by atoms with E-state index in [0.29, 0.717) is 5.56 Å². The highest BCUT2D eigenvalue weighted by atomic mass is 19.3. The van der Waals surface area contributed by atoms with Crippen LogP contribution >= 0.6 is 0 Å². The van der Waals surface area contributed by atoms with Crippen molar-refractivity contribution in [3.05, 3.63) is 59.4 Å². The molecule has 0 aromatic heterocycles. The van der Waals surface area contributed by atoms with Crippen LogP contribution in [-0.2, 0) is 11.3 Å². The van der Waals surface area contributed by atoms with E-state index in [1.165, 1.54) is 37.4 Å². The monoisotopic (exact) mass is 424 g/mol. The fourth-order valence-corrected chi connectivity index (χ4v) is 2.68. The van der Waals surface area contributed by atoms with Gasteiger partial charge in [-0.2, -0.15) is 8.78 Å². The molecule has 1 unspecified atom stereocenters. The summed E-state index contributed by atoms with van der Waals surface area (Å²) in [6, 6.07) is 8.46. The molecule has 2 amide bonds. The van der Waals surface area contributed by atoms with Gasteiger partial charge < -0.3 is 20.1 Å². The first-order chi connectivity index (χ1) is 14.2. The van der Waals surface area contributed by atoms with Gasteiger partial charge in [-0.15, -0.1) is 0 Å². The zero-order chi connectivity index (χ0) is 22.3. The molecule has 30 heavy (non-hydrogen) atoms. The molecule has 0 bridgehead atoms. The molecule has 162 valence electrons. The SMILES string of the molecule is COc1cc(CNC(=O)C(NC(=O)c2ccc(F)cc2)C(C)C)ccc1OC(F)F. The number of methoxy groups -OCH3 is 1. The van der Waals surface area contributed by atoms with Crippen LogP contribution in [0.1, 0.15) is 29.8 Å². The largest absolute Gasteiger partial charge is 0.493 e. The average Bonchev–Trinajstić information content (AvgIpc) is 2.70. The maximum atomic E-state index is 13.0. The number of carbonyl (C=O) groups excluding carboxylic acids is 2. The van der Waals surface area contributed by atoms with Gasteiger partial charge in [0.2, 0.25) is 5.91 Å². The van der Waals surface area contributed by atoms with Crippen LogP contribution in [0.5, 0.6) is 11.5 Å². The fraction of sp³-hybridized carbons (Fsp3) is 0.333. The van der Waals surface area contributed by atoms with Crippen molar-refractivity contribution < 1.29 is 32.2 Å². The minimum atomic E-state index is -2.99. The molecule has 0 spiro atoms. The van der Waals surface area contributed by atoms with Gasteiger partial charge >= 0.3 is 6.61 Å². The van der Waals surface area contributed by atoms with E-state index in [-0.39, 0.29) is 29.5 Å². The zero-order valence-corrected chi connectivity index (χ0v) is 16.7. The maximum absolute atomic E-state index is 13.0. The second-order valence-electron chi connectivity index (χ2n) is 6.78. The van der Waals surface area contributed by atoms with Crippen LogP contribution in [0, 0.1) is 11.7 Å². The van der Waals surface area contributed by atoms with Gasteiger partial charge in [0, 0.05) is 12.1 Å². The molecule has 2 aromatic carbocycles. The Morgan fingerprint density at radius 1 is 1.03 bits per heavy atom. The molecular weight excluding hydrogens is 401 g/mol. The third-order valence-electron chi connectivity index (χ3n) is 4.25. The van der Waals surface area contributed by atoms with Crippen LogP contribution in [0.3, 0.4) is 0 Å². The highest BCUT2D eigenvalue weighted by molar-refractivity contribution is 5.97. The number of alkyl halides is 2. The summed E-state index contributed by atoms with van der Waals surface area (Å²) in [4.78, 5) is 25.0. The summed E-state index contributed by atoms with van der Waals surface area (Å²) in [5.74, 6) is -1.62. The molecule has 0 aliphatic heterocycles. The van der Waals surface area contributed by atoms with Crippen molar-refractivity contribution in [1.82, 2.24) is 10.6 Å². The number of halogens is 3. The molecule has 2 N–H and O–H groups in total. The Labute approximate surface area is 172 Å². The first-order valence-corrected chi connectivity index (χ1v) is 9.17. The normalized spacial score (nSPS) is 11.9. The van der Waals surface area contributed by atoms with E-state index in [2.05, 4.69) is 15.4 Å². The summed E-state index contributed by atoms with van der Waals surface area (Å²) in [6.07, 6.45) is 0. The number of hydrogen-bond donors (Lipinski definition) is 2. The van der Waals surface area contributed by atoms with Crippen molar-refractivity contribution in [1.29, 1.82) is 0 Å². The molecule has 2 aromatic rings. The molecule has 0 heterocycles. The summed E-state index contributed by atoms with van der Waals surface area (Å²) in [5.41, 5.74) is 0.823. The average molecular weight is 424 g/mol. The van der Waals surface area contributed by atoms with Crippen LogP contribution in [-0.4, -0.2) is 31.6 Å². The predicted octanol–water partition coefficient (Wildman–Crippen LogP) is 3.51. The maximum Gasteiger partial charge on any atom is 0.387 e. The predicted molar refractivity (Wildman–Crippen MR) is 104 cm³/mol. The molecule has 0 aliphatic carbocycles. The molecule has 0 radical (unpaired) electrons. The zero-order valence-electron chi connectivity index (χ0n) is 16.7. The van der Waals surface area contributed by atoms with E-state index in [4.69, 9.17) is 4.74 Å². The van der Waals surface area contributed by atoms with E-state index in [9.17, 15) is 22.8 Å². The first kappa shape index (κ1) is 23.1. The number of carbonyl (C=O) groups is 2. The Hall–Kier alpha value is -3.23. The smallest absolute Gasteiger partial charge is 0.387 e. The van der Waals surface area contributed by atoms with Crippen molar-refractivity contribution in [2.75, 3.05) is 7.11 Å². The molecule has 0 saturated carbocycles. The van der Waals surface area contributed by atoms with Crippen LogP contribution in [0.4, 0.5) is 13.2 Å². The van der Waals surface area contributed by atoms with Crippen molar-refractivity contribution in [3.63, 3.8) is 0 Å². The van der Waals surface area contributed by atoms with E-state index in [1.54, 1.807) is 13.8 Å². The van der Waals surface area contributed by atoms with Crippen molar-refractivity contribution in [2.45, 2.75) is 33.0 Å². The molecule has 0 aliphatic rings. The van der Waals surface area contributed by atoms with Crippen LogP contribution < -0.4 is 20.1 Å². The highest BCUT2D eigenvalue weighted by Crippen LogP contribution is 2.29. The van der Waals surface area contributed by atoms with Gasteiger partial charge in [-0.1, -0.05) is 19.9 Å². The second-order valence-corrected chi connectivity index (χ2v) is 6.78. The Balaban J connectivity index is 2.03. The van der Waals surface area contributed by atoms with Crippen molar-refractivity contribution >= 4 is 11.8 Å². The topological polar surface area (TPSA) is 76.7 Å². The highest BCUT2D eigenvalue weighted by Gasteiger charge is 2.24. The lowest BCUT2D eigenvalue weighted by molar-refractivity contribution is -0.124. The molecule has 1 atom stereocenters. The van der Waals surface area contributed by atoms with Gasteiger partial charge in [-0.25, -0.2) is 4.39 Å². The third-order valence-corrected chi connectivity index (χ3v) is 4.25. The number of amides is 2.